The van der Waals surface area contributed by atoms with Crippen molar-refractivity contribution >= 4 is 22.6 Å². The van der Waals surface area contributed by atoms with Crippen molar-refractivity contribution in [2.24, 2.45) is 11.0 Å². The summed E-state index contributed by atoms with van der Waals surface area (Å²) in [6, 6.07) is 13.4. The monoisotopic (exact) mass is 391 g/mol. The van der Waals surface area contributed by atoms with Gasteiger partial charge < -0.3 is 8.83 Å². The minimum atomic E-state index is -0.232. The van der Waals surface area contributed by atoms with Gasteiger partial charge in [-0.25, -0.2) is 5.01 Å². The molecule has 0 bridgehead atoms. The number of fused-ring (bicyclic) bond motifs is 1. The van der Waals surface area contributed by atoms with E-state index in [0.717, 1.165) is 54.3 Å². The number of benzene rings is 1. The fourth-order valence-corrected chi connectivity index (χ4v) is 4.20. The highest BCUT2D eigenvalue weighted by Crippen LogP contribution is 2.34. The second-order valence-corrected chi connectivity index (χ2v) is 8.13. The molecule has 1 saturated heterocycles. The largest absolute Gasteiger partial charge is 0.467 e. The van der Waals surface area contributed by atoms with Crippen molar-refractivity contribution in [3.63, 3.8) is 0 Å². The number of piperidine rings is 1. The Labute approximate surface area is 169 Å². The first-order chi connectivity index (χ1) is 14.2. The number of carbonyl (C=O) groups excluding carboxylic acids is 1. The molecule has 3 aromatic rings. The summed E-state index contributed by atoms with van der Waals surface area (Å²) in [5.41, 5.74) is 1.61. The van der Waals surface area contributed by atoms with Crippen LogP contribution < -0.4 is 0 Å². The Kier molecular flexibility index (Phi) is 4.72. The number of hydrazone groups is 1. The normalized spacial score (nSPS) is 21.1. The van der Waals surface area contributed by atoms with Gasteiger partial charge in [0.15, 0.2) is 5.76 Å². The number of rotatable bonds is 4. The van der Waals surface area contributed by atoms with Gasteiger partial charge >= 0.3 is 0 Å². The molecule has 0 aliphatic carbocycles. The van der Waals surface area contributed by atoms with Crippen LogP contribution in [0.5, 0.6) is 0 Å². The van der Waals surface area contributed by atoms with E-state index >= 15 is 0 Å². The van der Waals surface area contributed by atoms with Crippen molar-refractivity contribution in [3.8, 4) is 0 Å². The van der Waals surface area contributed by atoms with Gasteiger partial charge in [-0.2, -0.15) is 5.10 Å². The number of likely N-dealkylation sites (tertiary alicyclic amines) is 1. The zero-order valence-electron chi connectivity index (χ0n) is 16.6. The second-order valence-electron chi connectivity index (χ2n) is 8.13. The van der Waals surface area contributed by atoms with E-state index in [-0.39, 0.29) is 11.9 Å². The van der Waals surface area contributed by atoms with E-state index in [0.29, 0.717) is 18.7 Å². The first-order valence-electron chi connectivity index (χ1n) is 10.3. The maximum Gasteiger partial charge on any atom is 0.257 e. The summed E-state index contributed by atoms with van der Waals surface area (Å²) >= 11 is 0. The minimum absolute atomic E-state index is 0.00654. The molecule has 6 nitrogen and oxygen atoms in total. The van der Waals surface area contributed by atoms with E-state index in [2.05, 4.69) is 11.8 Å². The molecule has 1 aromatic carbocycles. The predicted octanol–water partition coefficient (Wildman–Crippen LogP) is 4.44. The maximum absolute atomic E-state index is 13.2. The van der Waals surface area contributed by atoms with Gasteiger partial charge in [0.1, 0.15) is 23.1 Å². The van der Waals surface area contributed by atoms with Crippen LogP contribution in [0.1, 0.15) is 43.7 Å². The zero-order chi connectivity index (χ0) is 19.8. The van der Waals surface area contributed by atoms with Gasteiger partial charge in [-0.3, -0.25) is 9.69 Å². The highest BCUT2D eigenvalue weighted by atomic mass is 16.3. The van der Waals surface area contributed by atoms with Crippen molar-refractivity contribution in [2.75, 3.05) is 19.6 Å². The Morgan fingerprint density at radius 1 is 1.17 bits per heavy atom. The van der Waals surface area contributed by atoms with Crippen LogP contribution in [0.15, 0.2) is 62.7 Å². The number of para-hydroxylation sites is 1. The number of nitrogens with zero attached hydrogens (tertiary/aromatic N) is 3. The molecule has 5 rings (SSSR count). The van der Waals surface area contributed by atoms with Crippen LogP contribution in [0.4, 0.5) is 0 Å². The predicted molar refractivity (Wildman–Crippen MR) is 111 cm³/mol. The lowest BCUT2D eigenvalue weighted by Crippen LogP contribution is -2.41. The summed E-state index contributed by atoms with van der Waals surface area (Å²) < 4.78 is 11.6. The topological polar surface area (TPSA) is 62.2 Å². The lowest BCUT2D eigenvalue weighted by atomic mass is 9.99. The number of furan rings is 2. The molecule has 0 radical (unpaired) electrons. The summed E-state index contributed by atoms with van der Waals surface area (Å²) in [6.07, 6.45) is 4.50. The molecule has 0 saturated carbocycles. The van der Waals surface area contributed by atoms with Crippen molar-refractivity contribution < 1.29 is 13.6 Å². The van der Waals surface area contributed by atoms with E-state index in [1.165, 1.54) is 0 Å². The molecule has 150 valence electrons. The fraction of sp³-hybridized carbons (Fsp3) is 0.391. The molecule has 2 aliphatic rings. The van der Waals surface area contributed by atoms with Gasteiger partial charge in [-0.1, -0.05) is 25.1 Å². The van der Waals surface area contributed by atoms with Gasteiger partial charge in [-0.05, 0) is 56.1 Å². The third kappa shape index (κ3) is 3.60. The van der Waals surface area contributed by atoms with Crippen LogP contribution in [-0.2, 0) is 4.79 Å². The smallest absolute Gasteiger partial charge is 0.257 e. The fourth-order valence-electron chi connectivity index (χ4n) is 4.20. The van der Waals surface area contributed by atoms with Crippen molar-refractivity contribution in [1.82, 2.24) is 9.91 Å². The standard InChI is InChI=1S/C23H25N3O3/c1-16-8-10-25(11-9-16)15-23(27)26-19(21-7-4-12-28-21)14-18(24-26)22-13-17-5-2-3-6-20(17)29-22/h2-7,12-13,16,19H,8-11,14-15H2,1H3/t19-/m0/s1. The number of carbonyl (C=O) groups is 1. The lowest BCUT2D eigenvalue weighted by molar-refractivity contribution is -0.134. The van der Waals surface area contributed by atoms with E-state index in [4.69, 9.17) is 13.9 Å². The van der Waals surface area contributed by atoms with Crippen LogP contribution in [0.3, 0.4) is 0 Å². The Balaban J connectivity index is 1.41. The van der Waals surface area contributed by atoms with E-state index in [9.17, 15) is 4.79 Å². The molecule has 1 fully saturated rings. The van der Waals surface area contributed by atoms with Crippen LogP contribution in [0.2, 0.25) is 0 Å². The molecule has 2 aromatic heterocycles. The van der Waals surface area contributed by atoms with Crippen molar-refractivity contribution in [2.45, 2.75) is 32.2 Å². The van der Waals surface area contributed by atoms with Crippen LogP contribution in [0.25, 0.3) is 11.0 Å². The molecule has 1 atom stereocenters. The summed E-state index contributed by atoms with van der Waals surface area (Å²) in [5, 5.41) is 7.32. The van der Waals surface area contributed by atoms with Gasteiger partial charge in [0.2, 0.25) is 0 Å². The van der Waals surface area contributed by atoms with Gasteiger partial charge in [0.25, 0.3) is 5.91 Å². The molecule has 0 spiro atoms. The Morgan fingerprint density at radius 3 is 2.76 bits per heavy atom. The molecular weight excluding hydrogens is 366 g/mol. The van der Waals surface area contributed by atoms with Gasteiger partial charge in [-0.15, -0.1) is 0 Å². The molecule has 1 amide bonds. The first kappa shape index (κ1) is 18.2. The van der Waals surface area contributed by atoms with E-state index < -0.39 is 0 Å². The average molecular weight is 391 g/mol. The number of hydrogen-bond donors (Lipinski definition) is 0. The third-order valence-electron chi connectivity index (χ3n) is 5.98. The van der Waals surface area contributed by atoms with E-state index in [1.807, 2.05) is 42.5 Å². The maximum atomic E-state index is 13.2. The quantitative estimate of drug-likeness (QED) is 0.660. The Hall–Kier alpha value is -2.86. The van der Waals surface area contributed by atoms with E-state index in [1.54, 1.807) is 11.3 Å². The minimum Gasteiger partial charge on any atom is -0.467 e. The second kappa shape index (κ2) is 7.52. The molecule has 4 heterocycles. The molecule has 29 heavy (non-hydrogen) atoms. The first-order valence-corrected chi connectivity index (χ1v) is 10.3. The van der Waals surface area contributed by atoms with Gasteiger partial charge in [0, 0.05) is 11.8 Å². The zero-order valence-corrected chi connectivity index (χ0v) is 16.6. The SMILES string of the molecule is CC1CCN(CC(=O)N2N=C(c3cc4ccccc4o3)C[C@H]2c2ccco2)CC1. The average Bonchev–Trinajstić information content (AvgIpc) is 3.47. The summed E-state index contributed by atoms with van der Waals surface area (Å²) in [6.45, 7) is 4.59. The number of hydrogen-bond acceptors (Lipinski definition) is 5. The Bertz CT molecular complexity index is 996. The summed E-state index contributed by atoms with van der Waals surface area (Å²) in [4.78, 5) is 15.4. The van der Waals surface area contributed by atoms with Crippen LogP contribution in [-0.4, -0.2) is 41.2 Å². The Morgan fingerprint density at radius 2 is 2.00 bits per heavy atom. The molecule has 2 aliphatic heterocycles. The van der Waals surface area contributed by atoms with Crippen molar-refractivity contribution in [1.29, 1.82) is 0 Å². The molecule has 0 unspecified atom stereocenters. The molecule has 0 N–H and O–H groups in total. The highest BCUT2D eigenvalue weighted by molar-refractivity contribution is 6.03. The molecular formula is C23H25N3O3. The summed E-state index contributed by atoms with van der Waals surface area (Å²) in [5.74, 6) is 2.21. The third-order valence-corrected chi connectivity index (χ3v) is 5.98. The van der Waals surface area contributed by atoms with Crippen molar-refractivity contribution in [3.05, 3.63) is 60.2 Å². The summed E-state index contributed by atoms with van der Waals surface area (Å²) in [7, 11) is 0. The van der Waals surface area contributed by atoms with Crippen LogP contribution >= 0.6 is 0 Å². The lowest BCUT2D eigenvalue weighted by Gasteiger charge is -2.31. The van der Waals surface area contributed by atoms with Crippen LogP contribution in [0, 0.1) is 5.92 Å². The number of amides is 1. The van der Waals surface area contributed by atoms with Gasteiger partial charge in [0.05, 0.1) is 12.8 Å². The highest BCUT2D eigenvalue weighted by Gasteiger charge is 2.36. The molecule has 6 heteroatoms.